The minimum absolute atomic E-state index is 0.00775. The van der Waals surface area contributed by atoms with Crippen LogP contribution in [0.1, 0.15) is 76.0 Å². The number of halogens is 1. The smallest absolute Gasteiger partial charge is 0.223 e. The molecule has 2 amide bonds. The van der Waals surface area contributed by atoms with E-state index in [4.69, 9.17) is 5.73 Å². The Morgan fingerprint density at radius 1 is 1.05 bits per heavy atom. The molecule has 0 saturated carbocycles. The molecule has 5 heterocycles. The Morgan fingerprint density at radius 3 is 2.42 bits per heavy atom. The van der Waals surface area contributed by atoms with E-state index in [-0.39, 0.29) is 34.1 Å². The molecule has 2 fully saturated rings. The minimum atomic E-state index is -0.00775. The van der Waals surface area contributed by atoms with Crippen molar-refractivity contribution in [3.8, 4) is 10.0 Å². The summed E-state index contributed by atoms with van der Waals surface area (Å²) in [6, 6.07) is 0.263. The van der Waals surface area contributed by atoms with Crippen molar-refractivity contribution < 1.29 is 9.59 Å². The van der Waals surface area contributed by atoms with E-state index in [1.165, 1.54) is 0 Å². The Labute approximate surface area is 276 Å². The molecule has 0 aromatic carbocycles. The third-order valence-electron chi connectivity index (χ3n) is 8.03. The van der Waals surface area contributed by atoms with Gasteiger partial charge >= 0.3 is 0 Å². The molecular weight excluding hydrogens is 695 g/mol. The second-order valence-corrected chi connectivity index (χ2v) is 15.7. The first-order valence-corrected chi connectivity index (χ1v) is 18.1. The van der Waals surface area contributed by atoms with E-state index in [1.807, 2.05) is 28.4 Å². The third kappa shape index (κ3) is 7.47. The normalized spacial score (nSPS) is 23.1. The van der Waals surface area contributed by atoms with Gasteiger partial charge in [0.25, 0.3) is 0 Å². The van der Waals surface area contributed by atoms with E-state index in [0.29, 0.717) is 24.7 Å². The van der Waals surface area contributed by atoms with Crippen molar-refractivity contribution >= 4 is 68.5 Å². The summed E-state index contributed by atoms with van der Waals surface area (Å²) in [5.74, 6) is 1.17. The number of hydrogen-bond donors (Lipinski definition) is 4. The highest BCUT2D eigenvalue weighted by molar-refractivity contribution is 14.1. The molecule has 4 atom stereocenters. The van der Waals surface area contributed by atoms with E-state index >= 15 is 0 Å². The number of nitrogens with two attached hydrogens (primary N) is 1. The minimum Gasteiger partial charge on any atom is -0.403 e. The first kappa shape index (κ1) is 32.0. The van der Waals surface area contributed by atoms with E-state index in [9.17, 15) is 9.59 Å². The highest BCUT2D eigenvalue weighted by atomic mass is 127. The number of nitrogens with zero attached hydrogens (tertiary/aromatic N) is 4. The van der Waals surface area contributed by atoms with Crippen LogP contribution in [0.2, 0.25) is 0 Å². The quantitative estimate of drug-likeness (QED) is 0.148. The second-order valence-electron chi connectivity index (χ2n) is 12.3. The average Bonchev–Trinajstić information content (AvgIpc) is 3.78. The van der Waals surface area contributed by atoms with E-state index in [1.54, 1.807) is 28.9 Å². The van der Waals surface area contributed by atoms with Gasteiger partial charge in [0, 0.05) is 50.7 Å². The Kier molecular flexibility index (Phi) is 10.5. The van der Waals surface area contributed by atoms with Crippen LogP contribution in [0.25, 0.3) is 21.4 Å². The van der Waals surface area contributed by atoms with Crippen LogP contribution in [0.4, 0.5) is 0 Å². The van der Waals surface area contributed by atoms with Crippen molar-refractivity contribution in [1.29, 1.82) is 0 Å². The van der Waals surface area contributed by atoms with E-state index in [0.717, 1.165) is 69.9 Å². The summed E-state index contributed by atoms with van der Waals surface area (Å²) in [7, 11) is 0. The standard InChI is InChI=1S/C30H43IN8O2S2/c1-17(2)11-25(40)38-9-5-7-21(38)27(31)36-19(13-32)23-15-34-29(42-23)30-35-16-24(43-30)20-14-33-28(37-20)22-8-6-10-39(22)26(41)12-18(3)4/h13-18,21-22,27-28,33,36-37H,5-12,32H2,1-4H3/b19-13-/t21-,22-,27?,28?/m0/s1. The summed E-state index contributed by atoms with van der Waals surface area (Å²) in [4.78, 5) is 41.0. The Hall–Kier alpha value is -2.39. The van der Waals surface area contributed by atoms with Gasteiger partial charge in [0.2, 0.25) is 11.8 Å². The maximum Gasteiger partial charge on any atom is 0.223 e. The fraction of sp³-hybridized carbons (Fsp3) is 0.600. The molecule has 13 heteroatoms. The zero-order valence-corrected chi connectivity index (χ0v) is 29.1. The number of rotatable bonds is 11. The van der Waals surface area contributed by atoms with Crippen molar-refractivity contribution in [2.24, 2.45) is 17.6 Å². The molecule has 2 saturated heterocycles. The second kappa shape index (κ2) is 14.1. The van der Waals surface area contributed by atoms with Gasteiger partial charge in [-0.25, -0.2) is 9.97 Å². The number of carbonyl (C=O) groups is 2. The number of aromatic nitrogens is 2. The highest BCUT2D eigenvalue weighted by Crippen LogP contribution is 2.35. The van der Waals surface area contributed by atoms with Crippen LogP contribution in [-0.4, -0.2) is 67.0 Å². The molecule has 2 aromatic heterocycles. The molecule has 43 heavy (non-hydrogen) atoms. The Morgan fingerprint density at radius 2 is 1.70 bits per heavy atom. The van der Waals surface area contributed by atoms with Crippen molar-refractivity contribution in [3.05, 3.63) is 34.5 Å². The van der Waals surface area contributed by atoms with Gasteiger partial charge in [0.1, 0.15) is 6.17 Å². The van der Waals surface area contributed by atoms with Gasteiger partial charge in [0.15, 0.2) is 10.0 Å². The summed E-state index contributed by atoms with van der Waals surface area (Å²) >= 11 is 5.52. The number of likely N-dealkylation sites (tertiary alicyclic amines) is 2. The van der Waals surface area contributed by atoms with Crippen molar-refractivity contribution in [2.75, 3.05) is 13.1 Å². The fourth-order valence-electron chi connectivity index (χ4n) is 6.00. The van der Waals surface area contributed by atoms with E-state index < -0.39 is 0 Å². The number of nitrogens with one attached hydrogen (secondary N) is 3. The van der Waals surface area contributed by atoms with E-state index in [2.05, 4.69) is 76.2 Å². The number of carbonyl (C=O) groups excluding carboxylic acids is 2. The summed E-state index contributed by atoms with van der Waals surface area (Å²) in [6.45, 7) is 9.99. The molecule has 3 aliphatic heterocycles. The molecule has 234 valence electrons. The first-order chi connectivity index (χ1) is 20.6. The molecule has 5 N–H and O–H groups in total. The molecule has 0 radical (unpaired) electrons. The SMILES string of the molecule is CC(C)CC(=O)N1CCC[C@H]1C(I)N/C(=C\N)c1cnc(-c2ncc(C3=CNC([C@@H]4CCCN4C(=O)CC(C)C)N3)s2)s1. The number of thiazole rings is 2. The lowest BCUT2D eigenvalue weighted by Crippen LogP contribution is -2.51. The topological polar surface area (TPSA) is 129 Å². The van der Waals surface area contributed by atoms with Crippen molar-refractivity contribution in [1.82, 2.24) is 35.7 Å². The Bertz CT molecular complexity index is 1360. The van der Waals surface area contributed by atoms with Gasteiger partial charge in [-0.15, -0.1) is 22.7 Å². The lowest BCUT2D eigenvalue weighted by atomic mass is 10.1. The largest absolute Gasteiger partial charge is 0.403 e. The third-order valence-corrected chi connectivity index (χ3v) is 11.4. The zero-order chi connectivity index (χ0) is 30.7. The molecule has 5 rings (SSSR count). The van der Waals surface area contributed by atoms with Crippen LogP contribution < -0.4 is 21.7 Å². The molecule has 2 aromatic rings. The van der Waals surface area contributed by atoms with Gasteiger partial charge in [-0.05, 0) is 37.5 Å². The molecule has 10 nitrogen and oxygen atoms in total. The predicted octanol–water partition coefficient (Wildman–Crippen LogP) is 4.77. The van der Waals surface area contributed by atoms with Gasteiger partial charge in [-0.1, -0.05) is 50.3 Å². The summed E-state index contributed by atoms with van der Waals surface area (Å²) < 4.78 is 0.0281. The molecule has 0 aliphatic carbocycles. The number of hydrogen-bond acceptors (Lipinski definition) is 10. The Balaban J connectivity index is 1.20. The molecule has 0 bridgehead atoms. The maximum absolute atomic E-state index is 12.8. The summed E-state index contributed by atoms with van der Waals surface area (Å²) in [5, 5.41) is 12.3. The van der Waals surface area contributed by atoms with Crippen LogP contribution in [0, 0.1) is 11.8 Å². The van der Waals surface area contributed by atoms with Crippen LogP contribution in [0.3, 0.4) is 0 Å². The highest BCUT2D eigenvalue weighted by Gasteiger charge is 2.37. The summed E-state index contributed by atoms with van der Waals surface area (Å²) in [5.41, 5.74) is 7.87. The van der Waals surface area contributed by atoms with Crippen molar-refractivity contribution in [3.63, 3.8) is 0 Å². The molecule has 3 aliphatic rings. The maximum atomic E-state index is 12.8. The van der Waals surface area contributed by atoms with Crippen LogP contribution in [-0.2, 0) is 9.59 Å². The van der Waals surface area contributed by atoms with Crippen molar-refractivity contribution in [2.45, 2.75) is 88.5 Å². The fourth-order valence-corrected chi connectivity index (χ4v) is 8.92. The average molecular weight is 739 g/mol. The van der Waals surface area contributed by atoms with Crippen LogP contribution in [0.5, 0.6) is 0 Å². The lowest BCUT2D eigenvalue weighted by Gasteiger charge is -2.30. The molecular formula is C30H43IN8O2S2. The predicted molar refractivity (Wildman–Crippen MR) is 183 cm³/mol. The zero-order valence-electron chi connectivity index (χ0n) is 25.3. The van der Waals surface area contributed by atoms with Crippen LogP contribution in [0.15, 0.2) is 24.8 Å². The number of alkyl halides is 1. The number of amides is 2. The van der Waals surface area contributed by atoms with Crippen LogP contribution >= 0.6 is 45.3 Å². The van der Waals surface area contributed by atoms with Gasteiger partial charge in [0.05, 0.1) is 37.3 Å². The monoisotopic (exact) mass is 738 g/mol. The van der Waals surface area contributed by atoms with Gasteiger partial charge < -0.3 is 31.5 Å². The molecule has 2 unspecified atom stereocenters. The summed E-state index contributed by atoms with van der Waals surface area (Å²) in [6.07, 6.45) is 12.5. The first-order valence-electron chi connectivity index (χ1n) is 15.2. The lowest BCUT2D eigenvalue weighted by molar-refractivity contribution is -0.133. The van der Waals surface area contributed by atoms with Gasteiger partial charge in [-0.3, -0.25) is 9.59 Å². The van der Waals surface area contributed by atoms with Gasteiger partial charge in [-0.2, -0.15) is 0 Å². The molecule has 0 spiro atoms.